The van der Waals surface area contributed by atoms with Crippen molar-refractivity contribution in [3.05, 3.63) is 26.0 Å². The molecule has 0 saturated heterocycles. The molecule has 0 aliphatic heterocycles. The molecule has 0 aliphatic carbocycles. The number of aryl methyl sites for hydroxylation is 2. The monoisotopic (exact) mass is 196 g/mol. The number of hydrogen-bond donors (Lipinski definition) is 0. The van der Waals surface area contributed by atoms with Gasteiger partial charge in [0.15, 0.2) is 5.78 Å². The number of rotatable bonds is 3. The normalized spacial score (nSPS) is 9.38. The molecule has 6 heteroatoms. The molecule has 0 amide bonds. The third-order valence-electron chi connectivity index (χ3n) is 1.43. The summed E-state index contributed by atoms with van der Waals surface area (Å²) >= 11 is 1.33. The molecule has 0 aromatic carbocycles. The molecule has 0 fully saturated rings. The van der Waals surface area contributed by atoms with Gasteiger partial charge in [-0.1, -0.05) is 5.11 Å². The van der Waals surface area contributed by atoms with E-state index in [1.165, 1.54) is 11.3 Å². The fourth-order valence-corrected chi connectivity index (χ4v) is 1.81. The van der Waals surface area contributed by atoms with Gasteiger partial charge in [-0.3, -0.25) is 4.79 Å². The summed E-state index contributed by atoms with van der Waals surface area (Å²) < 4.78 is 0. The molecule has 0 spiro atoms. The second-order valence-corrected chi connectivity index (χ2v) is 3.66. The van der Waals surface area contributed by atoms with E-state index in [4.69, 9.17) is 5.53 Å². The Morgan fingerprint density at radius 2 is 2.38 bits per heavy atom. The van der Waals surface area contributed by atoms with Crippen LogP contribution in [0.4, 0.5) is 0 Å². The van der Waals surface area contributed by atoms with Crippen LogP contribution in [0.1, 0.15) is 20.4 Å². The molecule has 13 heavy (non-hydrogen) atoms. The highest BCUT2D eigenvalue weighted by atomic mass is 32.1. The van der Waals surface area contributed by atoms with Crippen molar-refractivity contribution < 1.29 is 4.79 Å². The number of thiazole rings is 1. The Bertz CT molecular complexity index is 378. The van der Waals surface area contributed by atoms with Gasteiger partial charge in [0.05, 0.1) is 22.1 Å². The summed E-state index contributed by atoms with van der Waals surface area (Å²) in [6, 6.07) is 0. The summed E-state index contributed by atoms with van der Waals surface area (Å²) in [5.41, 5.74) is 8.74. The molecule has 0 N–H and O–H groups in total. The summed E-state index contributed by atoms with van der Waals surface area (Å²) in [4.78, 5) is 18.6. The maximum atomic E-state index is 11.3. The predicted molar refractivity (Wildman–Crippen MR) is 49.9 cm³/mol. The van der Waals surface area contributed by atoms with Crippen LogP contribution < -0.4 is 0 Å². The SMILES string of the molecule is Cc1nc(C)c(C(=O)CN=[N+]=[N-])s1. The maximum Gasteiger partial charge on any atom is 0.180 e. The van der Waals surface area contributed by atoms with Crippen molar-refractivity contribution in [3.8, 4) is 0 Å². The first-order valence-electron chi connectivity index (χ1n) is 3.63. The number of Topliss-reactive ketones (excluding diaryl/α,β-unsaturated/α-hetero) is 1. The lowest BCUT2D eigenvalue weighted by Gasteiger charge is -1.90. The van der Waals surface area contributed by atoms with Gasteiger partial charge in [-0.05, 0) is 19.4 Å². The van der Waals surface area contributed by atoms with Crippen LogP contribution in [-0.4, -0.2) is 17.3 Å². The number of hydrogen-bond acceptors (Lipinski definition) is 4. The Morgan fingerprint density at radius 3 is 2.85 bits per heavy atom. The Balaban J connectivity index is 2.88. The van der Waals surface area contributed by atoms with Crippen LogP contribution in [0, 0.1) is 13.8 Å². The minimum absolute atomic E-state index is 0.126. The van der Waals surface area contributed by atoms with Crippen LogP contribution in [0.2, 0.25) is 0 Å². The molecular weight excluding hydrogens is 188 g/mol. The van der Waals surface area contributed by atoms with Gasteiger partial charge < -0.3 is 0 Å². The first-order valence-corrected chi connectivity index (χ1v) is 4.45. The van der Waals surface area contributed by atoms with E-state index in [2.05, 4.69) is 15.0 Å². The lowest BCUT2D eigenvalue weighted by Crippen LogP contribution is -2.01. The molecule has 1 aromatic rings. The summed E-state index contributed by atoms with van der Waals surface area (Å²) in [5, 5.41) is 4.06. The minimum Gasteiger partial charge on any atom is -0.293 e. The maximum absolute atomic E-state index is 11.3. The molecule has 1 heterocycles. The number of aromatic nitrogens is 1. The van der Waals surface area contributed by atoms with Gasteiger partial charge in [-0.2, -0.15) is 0 Å². The van der Waals surface area contributed by atoms with Crippen molar-refractivity contribution in [2.45, 2.75) is 13.8 Å². The third-order valence-corrected chi connectivity index (χ3v) is 2.55. The van der Waals surface area contributed by atoms with E-state index >= 15 is 0 Å². The van der Waals surface area contributed by atoms with E-state index in [1.54, 1.807) is 6.92 Å². The molecule has 1 aromatic heterocycles. The highest BCUT2D eigenvalue weighted by molar-refractivity contribution is 7.13. The largest absolute Gasteiger partial charge is 0.293 e. The smallest absolute Gasteiger partial charge is 0.180 e. The van der Waals surface area contributed by atoms with Crippen LogP contribution in [0.15, 0.2) is 5.11 Å². The van der Waals surface area contributed by atoms with E-state index in [9.17, 15) is 4.79 Å². The quantitative estimate of drug-likeness (QED) is 0.321. The number of carbonyl (C=O) groups is 1. The van der Waals surface area contributed by atoms with Crippen LogP contribution in [-0.2, 0) is 0 Å². The standard InChI is InChI=1S/C7H8N4OS/c1-4-7(13-5(2)10-4)6(12)3-9-11-8/h3H2,1-2H3. The van der Waals surface area contributed by atoms with Crippen molar-refractivity contribution >= 4 is 17.1 Å². The van der Waals surface area contributed by atoms with E-state index in [-0.39, 0.29) is 12.3 Å². The summed E-state index contributed by atoms with van der Waals surface area (Å²) in [5.74, 6) is -0.166. The Labute approximate surface area is 79.0 Å². The average molecular weight is 196 g/mol. The topological polar surface area (TPSA) is 78.7 Å². The van der Waals surface area contributed by atoms with Gasteiger partial charge in [-0.25, -0.2) is 4.98 Å². The Hall–Kier alpha value is -1.39. The van der Waals surface area contributed by atoms with Crippen LogP contribution in [0.25, 0.3) is 10.4 Å². The molecule has 5 nitrogen and oxygen atoms in total. The third kappa shape index (κ3) is 2.27. The molecular formula is C7H8N4OS. The zero-order valence-corrected chi connectivity index (χ0v) is 8.13. The first kappa shape index (κ1) is 9.70. The highest BCUT2D eigenvalue weighted by Gasteiger charge is 2.12. The van der Waals surface area contributed by atoms with E-state index in [1.807, 2.05) is 6.92 Å². The first-order chi connectivity index (χ1) is 6.15. The minimum atomic E-state index is -0.166. The van der Waals surface area contributed by atoms with Gasteiger partial charge in [0.25, 0.3) is 0 Å². The fraction of sp³-hybridized carbons (Fsp3) is 0.429. The lowest BCUT2D eigenvalue weighted by molar-refractivity contribution is 0.100. The van der Waals surface area contributed by atoms with Crippen molar-refractivity contribution in [2.75, 3.05) is 6.54 Å². The number of nitrogens with zero attached hydrogens (tertiary/aromatic N) is 4. The van der Waals surface area contributed by atoms with Crippen LogP contribution in [0.5, 0.6) is 0 Å². The molecule has 1 rings (SSSR count). The fourth-order valence-electron chi connectivity index (χ4n) is 0.958. The van der Waals surface area contributed by atoms with Crippen LogP contribution in [0.3, 0.4) is 0 Å². The molecule has 0 aliphatic rings. The van der Waals surface area contributed by atoms with Crippen molar-refractivity contribution in [1.29, 1.82) is 0 Å². The average Bonchev–Trinajstić information content (AvgIpc) is 2.41. The molecule has 0 saturated carbocycles. The highest BCUT2D eigenvalue weighted by Crippen LogP contribution is 2.17. The van der Waals surface area contributed by atoms with Gasteiger partial charge in [-0.15, -0.1) is 11.3 Å². The Morgan fingerprint density at radius 1 is 1.69 bits per heavy atom. The van der Waals surface area contributed by atoms with Crippen molar-refractivity contribution in [2.24, 2.45) is 5.11 Å². The van der Waals surface area contributed by atoms with Crippen molar-refractivity contribution in [3.63, 3.8) is 0 Å². The molecule has 68 valence electrons. The van der Waals surface area contributed by atoms with Gasteiger partial charge in [0, 0.05) is 4.91 Å². The van der Waals surface area contributed by atoms with Gasteiger partial charge in [0.2, 0.25) is 0 Å². The van der Waals surface area contributed by atoms with Gasteiger partial charge >= 0.3 is 0 Å². The van der Waals surface area contributed by atoms with E-state index in [0.29, 0.717) is 10.6 Å². The number of azide groups is 1. The second-order valence-electron chi connectivity index (χ2n) is 2.46. The zero-order valence-electron chi connectivity index (χ0n) is 7.31. The number of ketones is 1. The number of carbonyl (C=O) groups excluding carboxylic acids is 1. The molecule has 0 unspecified atom stereocenters. The van der Waals surface area contributed by atoms with Crippen LogP contribution >= 0.6 is 11.3 Å². The molecule has 0 atom stereocenters. The summed E-state index contributed by atoms with van der Waals surface area (Å²) in [6.45, 7) is 3.48. The Kier molecular flexibility index (Phi) is 3.00. The van der Waals surface area contributed by atoms with E-state index < -0.39 is 0 Å². The molecule has 0 radical (unpaired) electrons. The molecule has 0 bridgehead atoms. The van der Waals surface area contributed by atoms with Gasteiger partial charge in [0.1, 0.15) is 0 Å². The summed E-state index contributed by atoms with van der Waals surface area (Å²) in [7, 11) is 0. The zero-order chi connectivity index (χ0) is 9.84. The second kappa shape index (κ2) is 4.02. The summed E-state index contributed by atoms with van der Waals surface area (Å²) in [6.07, 6.45) is 0. The van der Waals surface area contributed by atoms with Crippen molar-refractivity contribution in [1.82, 2.24) is 4.98 Å². The predicted octanol–water partition coefficient (Wildman–Crippen LogP) is 2.25. The van der Waals surface area contributed by atoms with E-state index in [0.717, 1.165) is 5.01 Å². The lowest BCUT2D eigenvalue weighted by atomic mass is 10.3.